The molecule has 0 bridgehead atoms. The largest absolute Gasteiger partial charge is 0.310 e. The molecule has 0 spiro atoms. The minimum atomic E-state index is -0.0995. The van der Waals surface area contributed by atoms with E-state index < -0.39 is 0 Å². The summed E-state index contributed by atoms with van der Waals surface area (Å²) in [5, 5.41) is 0. The lowest BCUT2D eigenvalue weighted by molar-refractivity contribution is 0.484. The lowest BCUT2D eigenvalue weighted by Crippen LogP contribution is -2.26. The standard InChI is InChI=1S/C58H59N/c1-11-58(12-2)49-33-28-40(34-46(49)47-36-52(55(3,4)5)53(37-51(47)58)56(6,7)8)38-26-29-41(30-27-38)59(54-25-19-17-22-43(54)39-20-14-13-15-21-39)42-31-32-45-44-23-16-18-24-48(44)57(9,10)50(45)35-42/h13-37H,11-12H2,1-10H3. The monoisotopic (exact) mass is 769 g/mol. The average molecular weight is 770 g/mol. The summed E-state index contributed by atoms with van der Waals surface area (Å²) in [6, 6.07) is 57.4. The first-order valence-electron chi connectivity index (χ1n) is 21.8. The topological polar surface area (TPSA) is 3.24 Å². The summed E-state index contributed by atoms with van der Waals surface area (Å²) in [5.41, 5.74) is 22.6. The van der Waals surface area contributed by atoms with Crippen LogP contribution in [0.2, 0.25) is 0 Å². The highest BCUT2D eigenvalue weighted by Gasteiger charge is 2.43. The fourth-order valence-corrected chi connectivity index (χ4v) is 10.6. The van der Waals surface area contributed by atoms with Crippen molar-refractivity contribution in [1.29, 1.82) is 0 Å². The Labute approximate surface area is 353 Å². The molecule has 0 N–H and O–H groups in total. The van der Waals surface area contributed by atoms with Crippen LogP contribution in [0.5, 0.6) is 0 Å². The van der Waals surface area contributed by atoms with Crippen LogP contribution >= 0.6 is 0 Å². The van der Waals surface area contributed by atoms with Gasteiger partial charge in [-0.25, -0.2) is 0 Å². The van der Waals surface area contributed by atoms with Crippen LogP contribution in [0.15, 0.2) is 152 Å². The summed E-state index contributed by atoms with van der Waals surface area (Å²) in [6.45, 7) is 23.7. The number of anilines is 3. The van der Waals surface area contributed by atoms with E-state index >= 15 is 0 Å². The summed E-state index contributed by atoms with van der Waals surface area (Å²) >= 11 is 0. The molecule has 59 heavy (non-hydrogen) atoms. The Balaban J connectivity index is 1.18. The van der Waals surface area contributed by atoms with Gasteiger partial charge in [0.2, 0.25) is 0 Å². The highest BCUT2D eigenvalue weighted by Crippen LogP contribution is 2.56. The van der Waals surface area contributed by atoms with Crippen molar-refractivity contribution in [3.63, 3.8) is 0 Å². The number of nitrogens with zero attached hydrogens (tertiary/aromatic N) is 1. The molecule has 0 aromatic heterocycles. The van der Waals surface area contributed by atoms with Crippen molar-refractivity contribution in [3.8, 4) is 44.5 Å². The first-order chi connectivity index (χ1) is 28.2. The van der Waals surface area contributed by atoms with Crippen molar-refractivity contribution in [1.82, 2.24) is 0 Å². The minimum Gasteiger partial charge on any atom is -0.310 e. The summed E-state index contributed by atoms with van der Waals surface area (Å²) in [6.07, 6.45) is 2.17. The molecule has 0 heterocycles. The highest BCUT2D eigenvalue weighted by atomic mass is 15.1. The molecule has 7 aromatic carbocycles. The zero-order valence-corrected chi connectivity index (χ0v) is 36.8. The predicted octanol–water partition coefficient (Wildman–Crippen LogP) is 16.5. The average Bonchev–Trinajstić information content (AvgIpc) is 3.64. The summed E-state index contributed by atoms with van der Waals surface area (Å²) in [5.74, 6) is 0. The van der Waals surface area contributed by atoms with Gasteiger partial charge in [0.25, 0.3) is 0 Å². The Morgan fingerprint density at radius 1 is 0.407 bits per heavy atom. The van der Waals surface area contributed by atoms with Gasteiger partial charge in [-0.1, -0.05) is 184 Å². The first kappa shape index (κ1) is 38.8. The predicted molar refractivity (Wildman–Crippen MR) is 254 cm³/mol. The molecule has 0 saturated carbocycles. The highest BCUT2D eigenvalue weighted by molar-refractivity contribution is 5.91. The van der Waals surface area contributed by atoms with Crippen LogP contribution in [0.3, 0.4) is 0 Å². The number of hydrogen-bond acceptors (Lipinski definition) is 1. The molecule has 0 unspecified atom stereocenters. The molecule has 0 aliphatic heterocycles. The third kappa shape index (κ3) is 6.19. The van der Waals surface area contributed by atoms with Gasteiger partial charge in [-0.2, -0.15) is 0 Å². The fraction of sp³-hybridized carbons (Fsp3) is 0.276. The van der Waals surface area contributed by atoms with Gasteiger partial charge >= 0.3 is 0 Å². The Morgan fingerprint density at radius 3 is 1.64 bits per heavy atom. The van der Waals surface area contributed by atoms with Gasteiger partial charge in [0.15, 0.2) is 0 Å². The molecule has 0 fully saturated rings. The summed E-state index contributed by atoms with van der Waals surface area (Å²) in [4.78, 5) is 2.46. The maximum atomic E-state index is 2.60. The van der Waals surface area contributed by atoms with Crippen molar-refractivity contribution in [2.24, 2.45) is 0 Å². The van der Waals surface area contributed by atoms with Crippen LogP contribution in [-0.4, -0.2) is 0 Å². The summed E-state index contributed by atoms with van der Waals surface area (Å²) < 4.78 is 0. The third-order valence-corrected chi connectivity index (χ3v) is 13.8. The molecular weight excluding hydrogens is 711 g/mol. The molecule has 0 saturated heterocycles. The molecule has 9 rings (SSSR count). The molecule has 2 aliphatic rings. The zero-order valence-electron chi connectivity index (χ0n) is 36.8. The Bertz CT molecular complexity index is 2710. The van der Waals surface area contributed by atoms with Crippen LogP contribution in [0.25, 0.3) is 44.5 Å². The van der Waals surface area contributed by atoms with Gasteiger partial charge in [0.05, 0.1) is 5.69 Å². The second-order valence-electron chi connectivity index (χ2n) is 19.7. The quantitative estimate of drug-likeness (QED) is 0.156. The van der Waals surface area contributed by atoms with E-state index in [4.69, 9.17) is 0 Å². The maximum absolute atomic E-state index is 2.60. The summed E-state index contributed by atoms with van der Waals surface area (Å²) in [7, 11) is 0. The van der Waals surface area contributed by atoms with Crippen molar-refractivity contribution < 1.29 is 0 Å². The molecule has 0 radical (unpaired) electrons. The number of para-hydroxylation sites is 1. The van der Waals surface area contributed by atoms with Gasteiger partial charge in [-0.3, -0.25) is 0 Å². The van der Waals surface area contributed by atoms with Crippen LogP contribution in [0.1, 0.15) is 115 Å². The van der Waals surface area contributed by atoms with Gasteiger partial charge in [0, 0.05) is 27.8 Å². The molecule has 1 nitrogen and oxygen atoms in total. The van der Waals surface area contributed by atoms with E-state index in [0.29, 0.717) is 0 Å². The Morgan fingerprint density at radius 2 is 0.966 bits per heavy atom. The van der Waals surface area contributed by atoms with E-state index in [1.807, 2.05) is 0 Å². The Hall–Kier alpha value is -5.66. The lowest BCUT2D eigenvalue weighted by atomic mass is 9.69. The normalized spacial score (nSPS) is 14.7. The van der Waals surface area contributed by atoms with Crippen molar-refractivity contribution in [3.05, 3.63) is 185 Å². The molecule has 0 atom stereocenters. The van der Waals surface area contributed by atoms with E-state index in [-0.39, 0.29) is 21.7 Å². The van der Waals surface area contributed by atoms with Gasteiger partial charge in [0.1, 0.15) is 0 Å². The fourth-order valence-electron chi connectivity index (χ4n) is 10.6. The zero-order chi connectivity index (χ0) is 41.5. The number of rotatable bonds is 7. The smallest absolute Gasteiger partial charge is 0.0540 e. The molecule has 7 aromatic rings. The molecule has 296 valence electrons. The van der Waals surface area contributed by atoms with Crippen LogP contribution < -0.4 is 4.90 Å². The third-order valence-electron chi connectivity index (χ3n) is 13.8. The second-order valence-corrected chi connectivity index (χ2v) is 19.7. The van der Waals surface area contributed by atoms with Crippen molar-refractivity contribution in [2.45, 2.75) is 104 Å². The van der Waals surface area contributed by atoms with Gasteiger partial charge < -0.3 is 4.90 Å². The number of benzene rings is 7. The van der Waals surface area contributed by atoms with Crippen LogP contribution in [0.4, 0.5) is 17.1 Å². The van der Waals surface area contributed by atoms with Gasteiger partial charge in [-0.05, 0) is 132 Å². The maximum Gasteiger partial charge on any atom is 0.0540 e. The van der Waals surface area contributed by atoms with E-state index in [1.165, 1.54) is 77.9 Å². The minimum absolute atomic E-state index is 0.0158. The van der Waals surface area contributed by atoms with E-state index in [9.17, 15) is 0 Å². The molecule has 2 aliphatic carbocycles. The second kappa shape index (κ2) is 14.0. The molecular formula is C58H59N. The van der Waals surface area contributed by atoms with Crippen LogP contribution in [-0.2, 0) is 21.7 Å². The van der Waals surface area contributed by atoms with Crippen LogP contribution in [0, 0.1) is 0 Å². The van der Waals surface area contributed by atoms with E-state index in [1.54, 1.807) is 0 Å². The van der Waals surface area contributed by atoms with E-state index in [0.717, 1.165) is 29.9 Å². The Kier molecular flexibility index (Phi) is 9.20. The lowest BCUT2D eigenvalue weighted by Gasteiger charge is -2.34. The van der Waals surface area contributed by atoms with E-state index in [2.05, 4.69) is 226 Å². The number of hydrogen-bond donors (Lipinski definition) is 0. The van der Waals surface area contributed by atoms with Crippen molar-refractivity contribution >= 4 is 17.1 Å². The SMILES string of the molecule is CCC1(CC)c2ccc(-c3ccc(N(c4ccc5c(c4)C(C)(C)c4ccccc4-5)c4ccccc4-c4ccccc4)cc3)cc2-c2cc(C(C)(C)C)c(C(C)(C)C)cc21. The first-order valence-corrected chi connectivity index (χ1v) is 21.8. The van der Waals surface area contributed by atoms with Gasteiger partial charge in [-0.15, -0.1) is 0 Å². The number of fused-ring (bicyclic) bond motifs is 6. The molecule has 0 amide bonds. The van der Waals surface area contributed by atoms with Crippen molar-refractivity contribution in [2.75, 3.05) is 4.90 Å². The molecule has 1 heteroatoms.